The number of carbonyl (C=O) groups excluding carboxylic acids is 1. The maximum absolute atomic E-state index is 13.6. The summed E-state index contributed by atoms with van der Waals surface area (Å²) in [5, 5.41) is 3.51. The molecule has 4 aromatic rings. The van der Waals surface area contributed by atoms with Gasteiger partial charge in [-0.05, 0) is 55.0 Å². The number of hydrogen-bond donors (Lipinski definition) is 1. The first kappa shape index (κ1) is 17.6. The number of carbonyl (C=O) groups is 1. The van der Waals surface area contributed by atoms with Gasteiger partial charge in [-0.25, -0.2) is 14.4 Å². The van der Waals surface area contributed by atoms with E-state index in [9.17, 15) is 9.18 Å². The standard InChI is InChI=1S/C22H16FN3O2/c1-14-12-16(9-10-18(14)23)25-22-17(13-15-6-2-3-7-19(15)28-22)21(27)26-20-8-4-5-11-24-20/h2-13H,1H3,(H,24,26,27). The van der Waals surface area contributed by atoms with Gasteiger partial charge in [-0.15, -0.1) is 0 Å². The quantitative estimate of drug-likeness (QED) is 0.563. The zero-order valence-electron chi connectivity index (χ0n) is 15.0. The smallest absolute Gasteiger partial charge is 0.262 e. The third-order valence-electron chi connectivity index (χ3n) is 4.18. The number of fused-ring (bicyclic) bond motifs is 1. The number of halogens is 1. The van der Waals surface area contributed by atoms with Gasteiger partial charge in [0.15, 0.2) is 0 Å². The van der Waals surface area contributed by atoms with E-state index < -0.39 is 5.91 Å². The third-order valence-corrected chi connectivity index (χ3v) is 4.18. The first-order valence-electron chi connectivity index (χ1n) is 8.66. The molecule has 0 radical (unpaired) electrons. The Kier molecular flexibility index (Phi) is 4.68. The average molecular weight is 373 g/mol. The van der Waals surface area contributed by atoms with E-state index >= 15 is 0 Å². The molecule has 2 aromatic carbocycles. The number of rotatable bonds is 3. The lowest BCUT2D eigenvalue weighted by atomic mass is 10.1. The predicted octanol–water partition coefficient (Wildman–Crippen LogP) is 4.76. The van der Waals surface area contributed by atoms with Gasteiger partial charge in [0.2, 0.25) is 5.55 Å². The Hall–Kier alpha value is -3.80. The highest BCUT2D eigenvalue weighted by atomic mass is 19.1. The van der Waals surface area contributed by atoms with E-state index in [1.807, 2.05) is 18.2 Å². The number of amides is 1. The number of pyridine rings is 1. The molecule has 0 saturated heterocycles. The van der Waals surface area contributed by atoms with Gasteiger partial charge in [0.25, 0.3) is 5.91 Å². The van der Waals surface area contributed by atoms with E-state index in [1.54, 1.807) is 49.5 Å². The molecule has 0 aliphatic rings. The van der Waals surface area contributed by atoms with E-state index in [-0.39, 0.29) is 16.9 Å². The average Bonchev–Trinajstić information content (AvgIpc) is 2.71. The second kappa shape index (κ2) is 7.44. The maximum Gasteiger partial charge on any atom is 0.262 e. The summed E-state index contributed by atoms with van der Waals surface area (Å²) in [7, 11) is 0. The third kappa shape index (κ3) is 3.66. The van der Waals surface area contributed by atoms with Crippen LogP contribution in [0.15, 0.2) is 82.3 Å². The van der Waals surface area contributed by atoms with Gasteiger partial charge in [-0.2, -0.15) is 0 Å². The molecular formula is C22H16FN3O2. The SMILES string of the molecule is Cc1cc(N=c2oc3ccccc3cc2C(=O)Nc2ccccn2)ccc1F. The van der Waals surface area contributed by atoms with Gasteiger partial charge < -0.3 is 9.73 Å². The van der Waals surface area contributed by atoms with Crippen molar-refractivity contribution in [2.75, 3.05) is 5.32 Å². The van der Waals surface area contributed by atoms with Crippen LogP contribution < -0.4 is 10.9 Å². The zero-order valence-corrected chi connectivity index (χ0v) is 15.0. The highest BCUT2D eigenvalue weighted by Crippen LogP contribution is 2.18. The predicted molar refractivity (Wildman–Crippen MR) is 105 cm³/mol. The largest absolute Gasteiger partial charge is 0.438 e. The van der Waals surface area contributed by atoms with E-state index in [0.29, 0.717) is 22.7 Å². The van der Waals surface area contributed by atoms with Crippen molar-refractivity contribution >= 4 is 28.4 Å². The molecule has 5 nitrogen and oxygen atoms in total. The van der Waals surface area contributed by atoms with Crippen LogP contribution in [0.5, 0.6) is 0 Å². The van der Waals surface area contributed by atoms with Crippen LogP contribution in [0.4, 0.5) is 15.9 Å². The zero-order chi connectivity index (χ0) is 19.5. The van der Waals surface area contributed by atoms with Crippen molar-refractivity contribution in [3.8, 4) is 0 Å². The van der Waals surface area contributed by atoms with Crippen molar-refractivity contribution in [3.05, 3.63) is 95.4 Å². The van der Waals surface area contributed by atoms with Crippen LogP contribution in [0, 0.1) is 12.7 Å². The molecule has 0 spiro atoms. The van der Waals surface area contributed by atoms with E-state index in [2.05, 4.69) is 15.3 Å². The van der Waals surface area contributed by atoms with Crippen molar-refractivity contribution in [1.29, 1.82) is 0 Å². The minimum absolute atomic E-state index is 0.137. The Labute approximate surface area is 160 Å². The van der Waals surface area contributed by atoms with Gasteiger partial charge in [-0.1, -0.05) is 24.3 Å². The van der Waals surface area contributed by atoms with Crippen LogP contribution in [0.2, 0.25) is 0 Å². The number of benzene rings is 2. The van der Waals surface area contributed by atoms with Gasteiger partial charge in [-0.3, -0.25) is 4.79 Å². The van der Waals surface area contributed by atoms with Crippen LogP contribution in [-0.4, -0.2) is 10.9 Å². The summed E-state index contributed by atoms with van der Waals surface area (Å²) in [6, 6.07) is 18.8. The molecule has 6 heteroatoms. The maximum atomic E-state index is 13.6. The molecule has 0 aliphatic heterocycles. The van der Waals surface area contributed by atoms with Crippen LogP contribution >= 0.6 is 0 Å². The fraction of sp³-hybridized carbons (Fsp3) is 0.0455. The number of hydrogen-bond acceptors (Lipinski definition) is 4. The van der Waals surface area contributed by atoms with Crippen LogP contribution in [-0.2, 0) is 0 Å². The van der Waals surface area contributed by atoms with Crippen molar-refractivity contribution in [1.82, 2.24) is 4.98 Å². The summed E-state index contributed by atoms with van der Waals surface area (Å²) in [6.07, 6.45) is 1.59. The molecule has 2 aromatic heterocycles. The topological polar surface area (TPSA) is 67.5 Å². The van der Waals surface area contributed by atoms with E-state index in [4.69, 9.17) is 4.42 Å². The minimum Gasteiger partial charge on any atom is -0.438 e. The lowest BCUT2D eigenvalue weighted by molar-refractivity contribution is 0.102. The van der Waals surface area contributed by atoms with Gasteiger partial charge in [0.05, 0.1) is 5.69 Å². The monoisotopic (exact) mass is 373 g/mol. The molecule has 1 amide bonds. The number of aryl methyl sites for hydroxylation is 1. The minimum atomic E-state index is -0.397. The molecular weight excluding hydrogens is 357 g/mol. The molecule has 0 atom stereocenters. The lowest BCUT2D eigenvalue weighted by Gasteiger charge is -2.06. The Morgan fingerprint density at radius 1 is 1.07 bits per heavy atom. The molecule has 138 valence electrons. The normalized spacial score (nSPS) is 11.6. The first-order valence-corrected chi connectivity index (χ1v) is 8.66. The Balaban J connectivity index is 1.85. The van der Waals surface area contributed by atoms with Gasteiger partial charge in [0.1, 0.15) is 22.8 Å². The summed E-state index contributed by atoms with van der Waals surface area (Å²) in [4.78, 5) is 21.4. The van der Waals surface area contributed by atoms with Crippen molar-refractivity contribution in [2.24, 2.45) is 4.99 Å². The number of nitrogens with one attached hydrogen (secondary N) is 1. The van der Waals surface area contributed by atoms with Crippen LogP contribution in [0.25, 0.3) is 11.0 Å². The molecule has 0 fully saturated rings. The second-order valence-electron chi connectivity index (χ2n) is 6.22. The molecule has 0 bridgehead atoms. The number of para-hydroxylation sites is 1. The molecule has 4 rings (SSSR count). The highest BCUT2D eigenvalue weighted by molar-refractivity contribution is 6.04. The molecule has 2 heterocycles. The van der Waals surface area contributed by atoms with Gasteiger partial charge in [0, 0.05) is 11.6 Å². The molecule has 0 aliphatic carbocycles. The number of aromatic nitrogens is 1. The van der Waals surface area contributed by atoms with Crippen molar-refractivity contribution in [3.63, 3.8) is 0 Å². The molecule has 0 saturated carbocycles. The number of nitrogens with zero attached hydrogens (tertiary/aromatic N) is 2. The molecule has 28 heavy (non-hydrogen) atoms. The van der Waals surface area contributed by atoms with Crippen LogP contribution in [0.1, 0.15) is 15.9 Å². The Bertz CT molecular complexity index is 1230. The fourth-order valence-electron chi connectivity index (χ4n) is 2.75. The lowest BCUT2D eigenvalue weighted by Crippen LogP contribution is -2.22. The Morgan fingerprint density at radius 3 is 2.68 bits per heavy atom. The number of anilines is 1. The summed E-state index contributed by atoms with van der Waals surface area (Å²) >= 11 is 0. The Morgan fingerprint density at radius 2 is 1.89 bits per heavy atom. The first-order chi connectivity index (χ1) is 13.6. The molecule has 0 unspecified atom stereocenters. The summed E-state index contributed by atoms with van der Waals surface area (Å²) in [5.74, 6) is -0.294. The van der Waals surface area contributed by atoms with Crippen molar-refractivity contribution < 1.29 is 13.6 Å². The van der Waals surface area contributed by atoms with Gasteiger partial charge >= 0.3 is 0 Å². The van der Waals surface area contributed by atoms with Crippen LogP contribution in [0.3, 0.4) is 0 Å². The van der Waals surface area contributed by atoms with Crippen molar-refractivity contribution in [2.45, 2.75) is 6.92 Å². The molecule has 1 N–H and O–H groups in total. The van der Waals surface area contributed by atoms with E-state index in [0.717, 1.165) is 5.39 Å². The summed E-state index contributed by atoms with van der Waals surface area (Å²) in [6.45, 7) is 1.65. The second-order valence-corrected chi connectivity index (χ2v) is 6.22. The highest BCUT2D eigenvalue weighted by Gasteiger charge is 2.13. The summed E-state index contributed by atoms with van der Waals surface area (Å²) < 4.78 is 19.4. The fourth-order valence-corrected chi connectivity index (χ4v) is 2.75. The summed E-state index contributed by atoms with van der Waals surface area (Å²) in [5.41, 5.74) is 1.94. The van der Waals surface area contributed by atoms with E-state index in [1.165, 1.54) is 12.1 Å².